The maximum Gasteiger partial charge on any atom is 0.284 e. The van der Waals surface area contributed by atoms with Crippen LogP contribution in [0.1, 0.15) is 0 Å². The summed E-state index contributed by atoms with van der Waals surface area (Å²) in [5, 5.41) is 31.1. The van der Waals surface area contributed by atoms with E-state index in [0.29, 0.717) is 10.0 Å². The molecule has 0 aliphatic heterocycles. The van der Waals surface area contributed by atoms with Crippen LogP contribution in [0.3, 0.4) is 0 Å². The number of hydrogen-bond acceptors (Lipinski definition) is 5. The van der Waals surface area contributed by atoms with Crippen LogP contribution in [0, 0.1) is 20.2 Å². The molecule has 2 aromatic carbocycles. The minimum atomic E-state index is -0.692. The lowest BCUT2D eigenvalue weighted by Gasteiger charge is -2.06. The summed E-state index contributed by atoms with van der Waals surface area (Å²) in [5.41, 5.74) is -0.0298. The van der Waals surface area contributed by atoms with Crippen LogP contribution in [-0.2, 0) is 0 Å². The minimum absolute atomic E-state index is 0.00481. The Morgan fingerprint density at radius 2 is 1.60 bits per heavy atom. The summed E-state index contributed by atoms with van der Waals surface area (Å²) in [4.78, 5) is 20.4. The predicted molar refractivity (Wildman–Crippen MR) is 74.6 cm³/mol. The summed E-state index contributed by atoms with van der Waals surface area (Å²) in [5.74, 6) is 0.00481. The second-order valence-electron chi connectivity index (χ2n) is 3.88. The van der Waals surface area contributed by atoms with Crippen molar-refractivity contribution >= 4 is 27.3 Å². The summed E-state index contributed by atoms with van der Waals surface area (Å²) >= 11 is 3.20. The molecule has 7 nitrogen and oxygen atoms in total. The smallest absolute Gasteiger partial charge is 0.284 e. The molecule has 0 amide bonds. The number of halogens is 1. The van der Waals surface area contributed by atoms with Gasteiger partial charge in [-0.1, -0.05) is 15.9 Å². The van der Waals surface area contributed by atoms with Crippen LogP contribution in [0.2, 0.25) is 0 Å². The molecule has 0 fully saturated rings. The lowest BCUT2D eigenvalue weighted by Crippen LogP contribution is -1.95. The number of nitro benzene ring substituents is 2. The third-order valence-electron chi connectivity index (χ3n) is 2.63. The summed E-state index contributed by atoms with van der Waals surface area (Å²) in [6.45, 7) is 0. The number of hydrogen-bond donors (Lipinski definition) is 1. The number of benzene rings is 2. The number of phenolic OH excluding ortho intramolecular Hbond substituents is 1. The highest BCUT2D eigenvalue weighted by Gasteiger charge is 2.21. The van der Waals surface area contributed by atoms with Crippen LogP contribution in [0.5, 0.6) is 5.75 Å². The van der Waals surface area contributed by atoms with E-state index in [1.165, 1.54) is 30.3 Å². The molecule has 2 rings (SSSR count). The van der Waals surface area contributed by atoms with Gasteiger partial charge in [0.05, 0.1) is 21.5 Å². The van der Waals surface area contributed by atoms with Gasteiger partial charge in [-0.15, -0.1) is 0 Å². The number of phenols is 1. The zero-order chi connectivity index (χ0) is 14.9. The van der Waals surface area contributed by atoms with E-state index in [1.807, 2.05) is 0 Å². The Morgan fingerprint density at radius 3 is 2.15 bits per heavy atom. The molecule has 0 heterocycles. The molecule has 0 saturated carbocycles. The van der Waals surface area contributed by atoms with Crippen molar-refractivity contribution in [3.8, 4) is 16.9 Å². The van der Waals surface area contributed by atoms with Crippen molar-refractivity contribution in [2.45, 2.75) is 0 Å². The average molecular weight is 339 g/mol. The van der Waals surface area contributed by atoms with E-state index in [2.05, 4.69) is 15.9 Å². The van der Waals surface area contributed by atoms with Gasteiger partial charge in [-0.05, 0) is 24.3 Å². The number of nitrogens with zero attached hydrogens (tertiary/aromatic N) is 2. The molecular formula is C12H7BrN2O5. The number of rotatable bonds is 3. The van der Waals surface area contributed by atoms with Gasteiger partial charge in [0.2, 0.25) is 0 Å². The number of aromatic hydroxyl groups is 1. The van der Waals surface area contributed by atoms with Gasteiger partial charge in [-0.3, -0.25) is 20.2 Å². The second-order valence-corrected chi connectivity index (χ2v) is 4.73. The number of nitro groups is 2. The molecule has 0 aromatic heterocycles. The number of non-ortho nitro benzene ring substituents is 1. The molecule has 0 atom stereocenters. The molecule has 0 unspecified atom stereocenters. The highest BCUT2D eigenvalue weighted by Crippen LogP contribution is 2.38. The van der Waals surface area contributed by atoms with Gasteiger partial charge < -0.3 is 5.11 Å². The fraction of sp³-hybridized carbons (Fsp3) is 0. The molecule has 2 aromatic rings. The van der Waals surface area contributed by atoms with Crippen molar-refractivity contribution in [3.05, 3.63) is 61.1 Å². The van der Waals surface area contributed by atoms with E-state index in [9.17, 15) is 25.3 Å². The van der Waals surface area contributed by atoms with E-state index < -0.39 is 9.85 Å². The van der Waals surface area contributed by atoms with Crippen LogP contribution < -0.4 is 0 Å². The second kappa shape index (κ2) is 5.25. The monoisotopic (exact) mass is 338 g/mol. The third-order valence-corrected chi connectivity index (χ3v) is 3.29. The third kappa shape index (κ3) is 2.59. The first-order valence-electron chi connectivity index (χ1n) is 5.32. The van der Waals surface area contributed by atoms with Gasteiger partial charge in [-0.25, -0.2) is 0 Å². The molecule has 1 N–H and O–H groups in total. The van der Waals surface area contributed by atoms with E-state index >= 15 is 0 Å². The lowest BCUT2D eigenvalue weighted by atomic mass is 10.0. The highest BCUT2D eigenvalue weighted by molar-refractivity contribution is 9.10. The SMILES string of the molecule is O=[N+]([O-])c1ccc(-c2ccc(O)cc2Br)c([N+](=O)[O-])c1. The molecular weight excluding hydrogens is 332 g/mol. The van der Waals surface area contributed by atoms with Gasteiger partial charge in [0.15, 0.2) is 0 Å². The van der Waals surface area contributed by atoms with Crippen molar-refractivity contribution in [1.29, 1.82) is 0 Å². The zero-order valence-electron chi connectivity index (χ0n) is 9.82. The summed E-state index contributed by atoms with van der Waals surface area (Å²) in [7, 11) is 0. The summed E-state index contributed by atoms with van der Waals surface area (Å²) < 4.78 is 0.453. The molecule has 0 radical (unpaired) electrons. The largest absolute Gasteiger partial charge is 0.508 e. The summed E-state index contributed by atoms with van der Waals surface area (Å²) in [6.07, 6.45) is 0. The van der Waals surface area contributed by atoms with Crippen molar-refractivity contribution in [2.24, 2.45) is 0 Å². The minimum Gasteiger partial charge on any atom is -0.508 e. The van der Waals surface area contributed by atoms with E-state index in [-0.39, 0.29) is 22.7 Å². The van der Waals surface area contributed by atoms with Crippen molar-refractivity contribution in [1.82, 2.24) is 0 Å². The fourth-order valence-electron chi connectivity index (χ4n) is 1.73. The lowest BCUT2D eigenvalue weighted by molar-refractivity contribution is -0.393. The van der Waals surface area contributed by atoms with Crippen molar-refractivity contribution in [3.63, 3.8) is 0 Å². The van der Waals surface area contributed by atoms with Crippen LogP contribution in [0.25, 0.3) is 11.1 Å². The molecule has 20 heavy (non-hydrogen) atoms. The van der Waals surface area contributed by atoms with Gasteiger partial charge in [0.1, 0.15) is 5.75 Å². The first-order valence-corrected chi connectivity index (χ1v) is 6.11. The first-order chi connectivity index (χ1) is 9.40. The van der Waals surface area contributed by atoms with Crippen LogP contribution in [0.4, 0.5) is 11.4 Å². The Bertz CT molecular complexity index is 717. The van der Waals surface area contributed by atoms with E-state index in [0.717, 1.165) is 6.07 Å². The van der Waals surface area contributed by atoms with Gasteiger partial charge >= 0.3 is 0 Å². The van der Waals surface area contributed by atoms with Crippen LogP contribution >= 0.6 is 15.9 Å². The molecule has 0 aliphatic carbocycles. The van der Waals surface area contributed by atoms with Gasteiger partial charge in [0.25, 0.3) is 11.4 Å². The van der Waals surface area contributed by atoms with Gasteiger partial charge in [-0.2, -0.15) is 0 Å². The van der Waals surface area contributed by atoms with Crippen molar-refractivity contribution in [2.75, 3.05) is 0 Å². The Kier molecular flexibility index (Phi) is 3.66. The normalized spacial score (nSPS) is 10.2. The standard InChI is InChI=1S/C12H7BrN2O5/c13-11-6-8(16)2-4-9(11)10-3-1-7(14(17)18)5-12(10)15(19)20/h1-6,16H. The molecule has 0 bridgehead atoms. The molecule has 0 saturated heterocycles. The Balaban J connectivity index is 2.67. The molecule has 8 heteroatoms. The molecule has 0 aliphatic rings. The average Bonchev–Trinajstić information content (AvgIpc) is 2.38. The zero-order valence-corrected chi connectivity index (χ0v) is 11.4. The topological polar surface area (TPSA) is 107 Å². The van der Waals surface area contributed by atoms with E-state index in [4.69, 9.17) is 0 Å². The highest BCUT2D eigenvalue weighted by atomic mass is 79.9. The predicted octanol–water partition coefficient (Wildman–Crippen LogP) is 3.64. The molecule has 102 valence electrons. The van der Waals surface area contributed by atoms with Crippen LogP contribution in [-0.4, -0.2) is 15.0 Å². The Labute approximate surface area is 120 Å². The fourth-order valence-corrected chi connectivity index (χ4v) is 2.32. The first kappa shape index (κ1) is 13.9. The Hall–Kier alpha value is -2.48. The maximum absolute atomic E-state index is 11.1. The molecule has 0 spiro atoms. The quantitative estimate of drug-likeness (QED) is 0.679. The van der Waals surface area contributed by atoms with Crippen molar-refractivity contribution < 1.29 is 15.0 Å². The van der Waals surface area contributed by atoms with Gasteiger partial charge in [0, 0.05) is 16.1 Å². The maximum atomic E-state index is 11.1. The Morgan fingerprint density at radius 1 is 0.950 bits per heavy atom. The van der Waals surface area contributed by atoms with Crippen LogP contribution in [0.15, 0.2) is 40.9 Å². The van der Waals surface area contributed by atoms with E-state index in [1.54, 1.807) is 0 Å². The summed E-state index contributed by atoms with van der Waals surface area (Å²) in [6, 6.07) is 7.68.